The fraction of sp³-hybridized carbons (Fsp3) is 0.250. The van der Waals surface area contributed by atoms with E-state index in [0.717, 1.165) is 5.69 Å². The second-order valence-corrected chi connectivity index (χ2v) is 4.72. The van der Waals surface area contributed by atoms with Crippen LogP contribution in [-0.4, -0.2) is 10.1 Å². The lowest BCUT2D eigenvalue weighted by molar-refractivity contribution is 0.212. The quantitative estimate of drug-likeness (QED) is 0.894. The van der Waals surface area contributed by atoms with Crippen molar-refractivity contribution in [3.63, 3.8) is 0 Å². The van der Waals surface area contributed by atoms with Gasteiger partial charge in [-0.1, -0.05) is 12.1 Å². The number of aromatic nitrogens is 1. The van der Waals surface area contributed by atoms with Gasteiger partial charge in [-0.25, -0.2) is 13.8 Å². The molecule has 1 aromatic heterocycles. The summed E-state index contributed by atoms with van der Waals surface area (Å²) in [5.41, 5.74) is 0.883. The number of benzene rings is 1. The third-order valence-electron chi connectivity index (χ3n) is 2.47. The number of aliphatic hydroxyl groups is 1. The third-order valence-corrected chi connectivity index (χ3v) is 3.49. The van der Waals surface area contributed by atoms with Crippen molar-refractivity contribution in [2.24, 2.45) is 0 Å². The van der Waals surface area contributed by atoms with Crippen molar-refractivity contribution < 1.29 is 13.9 Å². The molecule has 1 unspecified atom stereocenters. The van der Waals surface area contributed by atoms with E-state index in [1.165, 1.54) is 30.4 Å². The maximum atomic E-state index is 13.6. The highest BCUT2D eigenvalue weighted by molar-refractivity contribution is 7.09. The second kappa shape index (κ2) is 4.50. The Kier molecular flexibility index (Phi) is 3.22. The summed E-state index contributed by atoms with van der Waals surface area (Å²) in [6.07, 6.45) is -1.22. The topological polar surface area (TPSA) is 33.1 Å². The molecule has 0 aliphatic rings. The molecule has 0 radical (unpaired) electrons. The van der Waals surface area contributed by atoms with Crippen molar-refractivity contribution in [1.82, 2.24) is 4.98 Å². The van der Waals surface area contributed by atoms with Crippen molar-refractivity contribution in [3.8, 4) is 0 Å². The summed E-state index contributed by atoms with van der Waals surface area (Å²) in [6, 6.07) is 2.83. The van der Waals surface area contributed by atoms with E-state index in [-0.39, 0.29) is 11.1 Å². The molecule has 0 amide bonds. The van der Waals surface area contributed by atoms with Gasteiger partial charge >= 0.3 is 0 Å². The standard InChI is InChI=1S/C12H11F2NOS/c1-6-3-4-8(10(14)9(6)13)11(16)12-15-7(2)5-17-12/h3-5,11,16H,1-2H3. The van der Waals surface area contributed by atoms with E-state index in [4.69, 9.17) is 0 Å². The van der Waals surface area contributed by atoms with Gasteiger partial charge in [0.1, 0.15) is 11.1 Å². The van der Waals surface area contributed by atoms with Gasteiger partial charge in [-0.2, -0.15) is 0 Å². The molecule has 0 bridgehead atoms. The maximum absolute atomic E-state index is 13.6. The van der Waals surface area contributed by atoms with Crippen molar-refractivity contribution in [1.29, 1.82) is 0 Å². The first-order valence-electron chi connectivity index (χ1n) is 5.05. The van der Waals surface area contributed by atoms with E-state index >= 15 is 0 Å². The molecule has 0 saturated heterocycles. The summed E-state index contributed by atoms with van der Waals surface area (Å²) in [4.78, 5) is 4.06. The molecule has 0 spiro atoms. The Hall–Kier alpha value is -1.33. The fourth-order valence-electron chi connectivity index (χ4n) is 1.50. The number of aliphatic hydroxyl groups excluding tert-OH is 1. The monoisotopic (exact) mass is 255 g/mol. The Morgan fingerprint density at radius 1 is 1.24 bits per heavy atom. The Morgan fingerprint density at radius 3 is 2.53 bits per heavy atom. The zero-order valence-electron chi connectivity index (χ0n) is 9.37. The smallest absolute Gasteiger partial charge is 0.165 e. The summed E-state index contributed by atoms with van der Waals surface area (Å²) in [6.45, 7) is 3.25. The fourth-order valence-corrected chi connectivity index (χ4v) is 2.30. The first-order chi connectivity index (χ1) is 8.00. The molecule has 0 aliphatic heterocycles. The molecular formula is C12H11F2NOS. The number of hydrogen-bond donors (Lipinski definition) is 1. The van der Waals surface area contributed by atoms with Gasteiger partial charge in [0.2, 0.25) is 0 Å². The first kappa shape index (κ1) is 12.1. The predicted octanol–water partition coefficient (Wildman–Crippen LogP) is 3.12. The van der Waals surface area contributed by atoms with Crippen LogP contribution in [0.25, 0.3) is 0 Å². The molecule has 1 N–H and O–H groups in total. The van der Waals surface area contributed by atoms with Crippen LogP contribution in [0, 0.1) is 25.5 Å². The van der Waals surface area contributed by atoms with Gasteiger partial charge < -0.3 is 5.11 Å². The lowest BCUT2D eigenvalue weighted by Crippen LogP contribution is -2.05. The van der Waals surface area contributed by atoms with E-state index in [2.05, 4.69) is 4.98 Å². The lowest BCUT2D eigenvalue weighted by Gasteiger charge is -2.10. The van der Waals surface area contributed by atoms with Crippen molar-refractivity contribution in [2.45, 2.75) is 20.0 Å². The van der Waals surface area contributed by atoms with Gasteiger partial charge in [-0.3, -0.25) is 0 Å². The number of nitrogens with zero attached hydrogens (tertiary/aromatic N) is 1. The Morgan fingerprint density at radius 2 is 1.94 bits per heavy atom. The summed E-state index contributed by atoms with van der Waals surface area (Å²) in [5, 5.41) is 12.1. The van der Waals surface area contributed by atoms with Crippen molar-refractivity contribution >= 4 is 11.3 Å². The minimum absolute atomic E-state index is 0.0811. The average molecular weight is 255 g/mol. The number of hydrogen-bond acceptors (Lipinski definition) is 3. The van der Waals surface area contributed by atoms with Crippen LogP contribution in [0.2, 0.25) is 0 Å². The molecule has 1 atom stereocenters. The lowest BCUT2D eigenvalue weighted by atomic mass is 10.1. The van der Waals surface area contributed by atoms with E-state index in [1.54, 1.807) is 12.3 Å². The molecular weight excluding hydrogens is 244 g/mol. The molecule has 0 aliphatic carbocycles. The molecule has 2 aromatic rings. The number of halogens is 2. The van der Waals surface area contributed by atoms with Crippen LogP contribution in [0.1, 0.15) is 27.9 Å². The van der Waals surface area contributed by atoms with Gasteiger partial charge in [-0.15, -0.1) is 11.3 Å². The maximum Gasteiger partial charge on any atom is 0.165 e. The molecule has 1 aromatic carbocycles. The molecule has 5 heteroatoms. The van der Waals surface area contributed by atoms with Crippen LogP contribution < -0.4 is 0 Å². The molecule has 2 nitrogen and oxygen atoms in total. The van der Waals surface area contributed by atoms with Gasteiger partial charge in [-0.05, 0) is 19.4 Å². The Balaban J connectivity index is 2.44. The van der Waals surface area contributed by atoms with E-state index in [1.807, 2.05) is 0 Å². The average Bonchev–Trinajstić information content (AvgIpc) is 2.72. The van der Waals surface area contributed by atoms with Crippen LogP contribution >= 0.6 is 11.3 Å². The van der Waals surface area contributed by atoms with E-state index in [9.17, 15) is 13.9 Å². The Labute approximate surface area is 102 Å². The highest BCUT2D eigenvalue weighted by Crippen LogP contribution is 2.28. The number of rotatable bonds is 2. The van der Waals surface area contributed by atoms with Crippen LogP contribution in [0.15, 0.2) is 17.5 Å². The molecule has 0 fully saturated rings. The first-order valence-corrected chi connectivity index (χ1v) is 5.93. The summed E-state index contributed by atoms with van der Waals surface area (Å²) in [7, 11) is 0. The van der Waals surface area contributed by atoms with Crippen LogP contribution in [0.3, 0.4) is 0 Å². The van der Waals surface area contributed by atoms with Gasteiger partial charge in [0, 0.05) is 16.6 Å². The largest absolute Gasteiger partial charge is 0.381 e. The summed E-state index contributed by atoms with van der Waals surface area (Å²) < 4.78 is 27.0. The third kappa shape index (κ3) is 2.21. The minimum Gasteiger partial charge on any atom is -0.381 e. The van der Waals surface area contributed by atoms with E-state index in [0.29, 0.717) is 5.01 Å². The van der Waals surface area contributed by atoms with Crippen molar-refractivity contribution in [2.75, 3.05) is 0 Å². The molecule has 0 saturated carbocycles. The van der Waals surface area contributed by atoms with Crippen LogP contribution in [-0.2, 0) is 0 Å². The highest BCUT2D eigenvalue weighted by Gasteiger charge is 2.21. The molecule has 1 heterocycles. The van der Waals surface area contributed by atoms with Crippen LogP contribution in [0.5, 0.6) is 0 Å². The normalized spacial score (nSPS) is 12.8. The highest BCUT2D eigenvalue weighted by atomic mass is 32.1. The zero-order chi connectivity index (χ0) is 12.6. The second-order valence-electron chi connectivity index (χ2n) is 3.83. The van der Waals surface area contributed by atoms with Gasteiger partial charge in [0.05, 0.1) is 0 Å². The number of aryl methyl sites for hydroxylation is 2. The molecule has 17 heavy (non-hydrogen) atoms. The van der Waals surface area contributed by atoms with Crippen molar-refractivity contribution in [3.05, 3.63) is 51.0 Å². The summed E-state index contributed by atoms with van der Waals surface area (Å²) >= 11 is 1.22. The van der Waals surface area contributed by atoms with E-state index < -0.39 is 17.7 Å². The van der Waals surface area contributed by atoms with Gasteiger partial charge in [0.25, 0.3) is 0 Å². The van der Waals surface area contributed by atoms with Crippen LogP contribution in [0.4, 0.5) is 8.78 Å². The SMILES string of the molecule is Cc1csc(C(O)c2ccc(C)c(F)c2F)n1. The van der Waals surface area contributed by atoms with Gasteiger partial charge in [0.15, 0.2) is 11.6 Å². The molecule has 90 valence electrons. The zero-order valence-corrected chi connectivity index (χ0v) is 10.2. The minimum atomic E-state index is -1.22. The predicted molar refractivity (Wildman–Crippen MR) is 62.0 cm³/mol. The summed E-state index contributed by atoms with van der Waals surface area (Å²) in [5.74, 6) is -1.93. The molecule has 2 rings (SSSR count). The Bertz CT molecular complexity index is 553. The number of thiazole rings is 1.